The Labute approximate surface area is 101 Å². The quantitative estimate of drug-likeness (QED) is 0.551. The predicted octanol–water partition coefficient (Wildman–Crippen LogP) is 0.694. The van der Waals surface area contributed by atoms with E-state index in [-0.39, 0.29) is 5.91 Å². The van der Waals surface area contributed by atoms with Gasteiger partial charge in [-0.3, -0.25) is 10.1 Å². The first-order valence-corrected chi connectivity index (χ1v) is 6.71. The third-order valence-corrected chi connectivity index (χ3v) is 2.84. The van der Waals surface area contributed by atoms with Crippen molar-refractivity contribution in [3.05, 3.63) is 0 Å². The van der Waals surface area contributed by atoms with Crippen molar-refractivity contribution in [2.75, 3.05) is 24.6 Å². The maximum absolute atomic E-state index is 11.2. The van der Waals surface area contributed by atoms with Crippen LogP contribution >= 0.6 is 11.8 Å². The largest absolute Gasteiger partial charge is 0.338 e. The van der Waals surface area contributed by atoms with Gasteiger partial charge in [-0.2, -0.15) is 11.8 Å². The fraction of sp³-hybridized carbons (Fsp3) is 0.800. The SMILES string of the molecule is CCCCNC(=O)NC(=O)CSCCCN. The van der Waals surface area contributed by atoms with Gasteiger partial charge in [0.05, 0.1) is 5.75 Å². The number of nitrogens with one attached hydrogen (secondary N) is 2. The molecule has 0 fully saturated rings. The molecule has 0 atom stereocenters. The second-order valence-electron chi connectivity index (χ2n) is 3.35. The monoisotopic (exact) mass is 247 g/mol. The summed E-state index contributed by atoms with van der Waals surface area (Å²) < 4.78 is 0. The maximum Gasteiger partial charge on any atom is 0.321 e. The van der Waals surface area contributed by atoms with Crippen molar-refractivity contribution in [3.8, 4) is 0 Å². The highest BCUT2D eigenvalue weighted by Crippen LogP contribution is 2.00. The van der Waals surface area contributed by atoms with Gasteiger partial charge in [-0.25, -0.2) is 4.79 Å². The minimum absolute atomic E-state index is 0.254. The topological polar surface area (TPSA) is 84.2 Å². The Morgan fingerprint density at radius 2 is 2.06 bits per heavy atom. The molecule has 6 heteroatoms. The molecule has 94 valence electrons. The van der Waals surface area contributed by atoms with E-state index in [4.69, 9.17) is 5.73 Å². The number of unbranched alkanes of at least 4 members (excludes halogenated alkanes) is 1. The van der Waals surface area contributed by atoms with E-state index in [9.17, 15) is 9.59 Å². The molecule has 0 radical (unpaired) electrons. The number of rotatable bonds is 8. The molecule has 0 saturated heterocycles. The van der Waals surface area contributed by atoms with Gasteiger partial charge in [0, 0.05) is 6.54 Å². The lowest BCUT2D eigenvalue weighted by molar-refractivity contribution is -0.117. The van der Waals surface area contributed by atoms with Crippen molar-refractivity contribution >= 4 is 23.7 Å². The van der Waals surface area contributed by atoms with Gasteiger partial charge in [-0.1, -0.05) is 13.3 Å². The summed E-state index contributed by atoms with van der Waals surface area (Å²) in [4.78, 5) is 22.4. The van der Waals surface area contributed by atoms with E-state index < -0.39 is 6.03 Å². The van der Waals surface area contributed by atoms with Crippen molar-refractivity contribution in [1.29, 1.82) is 0 Å². The van der Waals surface area contributed by atoms with Gasteiger partial charge < -0.3 is 11.1 Å². The molecular formula is C10H21N3O2S. The molecule has 0 aliphatic heterocycles. The summed E-state index contributed by atoms with van der Waals surface area (Å²) in [5.41, 5.74) is 5.32. The zero-order valence-corrected chi connectivity index (χ0v) is 10.6. The summed E-state index contributed by atoms with van der Waals surface area (Å²) in [7, 11) is 0. The van der Waals surface area contributed by atoms with Gasteiger partial charge in [-0.05, 0) is 25.1 Å². The molecule has 0 aromatic heterocycles. The van der Waals surface area contributed by atoms with Crippen LogP contribution < -0.4 is 16.4 Å². The van der Waals surface area contributed by atoms with Crippen molar-refractivity contribution < 1.29 is 9.59 Å². The third kappa shape index (κ3) is 9.79. The molecule has 16 heavy (non-hydrogen) atoms. The first kappa shape index (κ1) is 15.2. The van der Waals surface area contributed by atoms with Crippen LogP contribution in [0.25, 0.3) is 0 Å². The summed E-state index contributed by atoms with van der Waals surface area (Å²) in [6.45, 7) is 3.28. The molecule has 0 aromatic carbocycles. The Bertz CT molecular complexity index is 212. The van der Waals surface area contributed by atoms with Crippen molar-refractivity contribution in [3.63, 3.8) is 0 Å². The van der Waals surface area contributed by atoms with Gasteiger partial charge in [0.2, 0.25) is 5.91 Å². The van der Waals surface area contributed by atoms with E-state index >= 15 is 0 Å². The van der Waals surface area contributed by atoms with Crippen molar-refractivity contribution in [2.24, 2.45) is 5.73 Å². The van der Waals surface area contributed by atoms with Crippen LogP contribution in [0, 0.1) is 0 Å². The second-order valence-corrected chi connectivity index (χ2v) is 4.46. The van der Waals surface area contributed by atoms with E-state index in [0.717, 1.165) is 25.0 Å². The summed E-state index contributed by atoms with van der Waals surface area (Å²) in [6.07, 6.45) is 2.83. The fourth-order valence-corrected chi connectivity index (χ4v) is 1.71. The molecule has 0 aliphatic carbocycles. The van der Waals surface area contributed by atoms with Crippen LogP contribution in [0.1, 0.15) is 26.2 Å². The number of carbonyl (C=O) groups excluding carboxylic acids is 2. The maximum atomic E-state index is 11.2. The zero-order valence-electron chi connectivity index (χ0n) is 9.75. The lowest BCUT2D eigenvalue weighted by Crippen LogP contribution is -2.40. The molecule has 0 aromatic rings. The highest BCUT2D eigenvalue weighted by Gasteiger charge is 2.06. The lowest BCUT2D eigenvalue weighted by Gasteiger charge is -2.05. The molecule has 5 nitrogen and oxygen atoms in total. The van der Waals surface area contributed by atoms with Gasteiger partial charge in [0.1, 0.15) is 0 Å². The molecule has 0 heterocycles. The summed E-state index contributed by atoms with van der Waals surface area (Å²) >= 11 is 1.48. The Kier molecular flexibility index (Phi) is 10.3. The Morgan fingerprint density at radius 3 is 2.69 bits per heavy atom. The van der Waals surface area contributed by atoms with E-state index in [1.807, 2.05) is 6.92 Å². The number of hydrogen-bond acceptors (Lipinski definition) is 4. The van der Waals surface area contributed by atoms with E-state index in [2.05, 4.69) is 10.6 Å². The van der Waals surface area contributed by atoms with Crippen LogP contribution in [0.15, 0.2) is 0 Å². The third-order valence-electron chi connectivity index (χ3n) is 1.79. The minimum Gasteiger partial charge on any atom is -0.338 e. The van der Waals surface area contributed by atoms with Gasteiger partial charge in [0.15, 0.2) is 0 Å². The van der Waals surface area contributed by atoms with Crippen LogP contribution in [0.5, 0.6) is 0 Å². The van der Waals surface area contributed by atoms with Crippen molar-refractivity contribution in [1.82, 2.24) is 10.6 Å². The van der Waals surface area contributed by atoms with Gasteiger partial charge in [0.25, 0.3) is 0 Å². The highest BCUT2D eigenvalue weighted by atomic mass is 32.2. The van der Waals surface area contributed by atoms with E-state index in [1.165, 1.54) is 11.8 Å². The Morgan fingerprint density at radius 1 is 1.31 bits per heavy atom. The fourth-order valence-electron chi connectivity index (χ4n) is 0.936. The molecule has 0 saturated carbocycles. The zero-order chi connectivity index (χ0) is 12.2. The minimum atomic E-state index is -0.405. The second kappa shape index (κ2) is 10.8. The predicted molar refractivity (Wildman–Crippen MR) is 67.4 cm³/mol. The van der Waals surface area contributed by atoms with Crippen LogP contribution in [-0.4, -0.2) is 36.5 Å². The summed E-state index contributed by atoms with van der Waals surface area (Å²) in [5.74, 6) is 0.902. The molecule has 0 bridgehead atoms. The number of amides is 3. The molecule has 0 rings (SSSR count). The molecule has 0 unspecified atom stereocenters. The average molecular weight is 247 g/mol. The number of thioether (sulfide) groups is 1. The van der Waals surface area contributed by atoms with Crippen LogP contribution in [0.2, 0.25) is 0 Å². The number of hydrogen-bond donors (Lipinski definition) is 3. The molecule has 0 spiro atoms. The number of carbonyl (C=O) groups is 2. The smallest absolute Gasteiger partial charge is 0.321 e. The number of imide groups is 1. The highest BCUT2D eigenvalue weighted by molar-refractivity contribution is 7.99. The van der Waals surface area contributed by atoms with Crippen LogP contribution in [0.3, 0.4) is 0 Å². The standard InChI is InChI=1S/C10H21N3O2S/c1-2-3-6-12-10(15)13-9(14)8-16-7-4-5-11/h2-8,11H2,1H3,(H2,12,13,14,15). The Balaban J connectivity index is 3.43. The lowest BCUT2D eigenvalue weighted by atomic mass is 10.3. The molecule has 4 N–H and O–H groups in total. The summed E-state index contributed by atoms with van der Waals surface area (Å²) in [6, 6.07) is -0.405. The van der Waals surface area contributed by atoms with E-state index in [0.29, 0.717) is 18.8 Å². The summed E-state index contributed by atoms with van der Waals surface area (Å²) in [5, 5.41) is 4.89. The number of nitrogens with two attached hydrogens (primary N) is 1. The number of urea groups is 1. The van der Waals surface area contributed by atoms with Crippen LogP contribution in [0.4, 0.5) is 4.79 Å². The molecular weight excluding hydrogens is 226 g/mol. The van der Waals surface area contributed by atoms with E-state index in [1.54, 1.807) is 0 Å². The molecule has 3 amide bonds. The average Bonchev–Trinajstić information content (AvgIpc) is 2.25. The van der Waals surface area contributed by atoms with Crippen LogP contribution in [-0.2, 0) is 4.79 Å². The first-order chi connectivity index (χ1) is 7.70. The van der Waals surface area contributed by atoms with Crippen molar-refractivity contribution in [2.45, 2.75) is 26.2 Å². The Hall–Kier alpha value is -0.750. The normalized spacial score (nSPS) is 9.88. The van der Waals surface area contributed by atoms with Gasteiger partial charge >= 0.3 is 6.03 Å². The molecule has 0 aliphatic rings. The first-order valence-electron chi connectivity index (χ1n) is 5.56. The van der Waals surface area contributed by atoms with Gasteiger partial charge in [-0.15, -0.1) is 0 Å².